The first-order valence-electron chi connectivity index (χ1n) is 7.37. The van der Waals surface area contributed by atoms with Crippen LogP contribution in [0.15, 0.2) is 12.1 Å². The Morgan fingerprint density at radius 2 is 1.33 bits per heavy atom. The molecule has 3 heterocycles. The zero-order valence-electron chi connectivity index (χ0n) is 11.4. The molecule has 3 heteroatoms. The third kappa shape index (κ3) is 2.31. The van der Waals surface area contributed by atoms with Crippen LogP contribution in [-0.2, 0) is 6.42 Å². The Hall–Kier alpha value is -1.25. The third-order valence-corrected chi connectivity index (χ3v) is 4.13. The highest BCUT2D eigenvalue weighted by Crippen LogP contribution is 2.26. The Balaban J connectivity index is 1.90. The summed E-state index contributed by atoms with van der Waals surface area (Å²) in [5.74, 6) is 2.41. The molecular weight excluding hydrogens is 222 g/mol. The van der Waals surface area contributed by atoms with E-state index in [1.165, 1.54) is 69.1 Å². The highest BCUT2D eigenvalue weighted by atomic mass is 15.3. The summed E-state index contributed by atoms with van der Waals surface area (Å²) in [7, 11) is 0. The normalized spacial score (nSPS) is 19.8. The maximum absolute atomic E-state index is 4.90. The van der Waals surface area contributed by atoms with Crippen LogP contribution in [0.4, 0.5) is 11.6 Å². The number of pyridine rings is 1. The van der Waals surface area contributed by atoms with Crippen LogP contribution in [-0.4, -0.2) is 31.2 Å². The monoisotopic (exact) mass is 245 g/mol. The minimum absolute atomic E-state index is 1.10. The van der Waals surface area contributed by atoms with Gasteiger partial charge in [0.2, 0.25) is 0 Å². The van der Waals surface area contributed by atoms with Gasteiger partial charge in [0.25, 0.3) is 0 Å². The summed E-state index contributed by atoms with van der Waals surface area (Å²) >= 11 is 0. The molecule has 18 heavy (non-hydrogen) atoms. The summed E-state index contributed by atoms with van der Waals surface area (Å²) in [6, 6.07) is 4.57. The number of anilines is 2. The lowest BCUT2D eigenvalue weighted by atomic mass is 10.2. The minimum Gasteiger partial charge on any atom is -0.357 e. The Bertz CT molecular complexity index is 370. The van der Waals surface area contributed by atoms with Crippen molar-refractivity contribution in [2.45, 2.75) is 39.0 Å². The molecule has 0 aliphatic carbocycles. The lowest BCUT2D eigenvalue weighted by Gasteiger charge is -2.22. The molecule has 0 radical (unpaired) electrons. The second kappa shape index (κ2) is 5.17. The minimum atomic E-state index is 1.10. The third-order valence-electron chi connectivity index (χ3n) is 4.13. The van der Waals surface area contributed by atoms with Crippen molar-refractivity contribution in [3.8, 4) is 0 Å². The zero-order chi connectivity index (χ0) is 12.4. The van der Waals surface area contributed by atoms with Crippen LogP contribution in [0.2, 0.25) is 0 Å². The molecule has 0 aromatic carbocycles. The van der Waals surface area contributed by atoms with E-state index < -0.39 is 0 Å². The molecule has 0 amide bonds. The number of rotatable bonds is 3. The first-order chi connectivity index (χ1) is 8.86. The fourth-order valence-corrected chi connectivity index (χ4v) is 2.98. The van der Waals surface area contributed by atoms with E-state index in [0.717, 1.165) is 6.42 Å². The fraction of sp³-hybridized carbons (Fsp3) is 0.667. The maximum atomic E-state index is 4.90. The molecule has 0 spiro atoms. The van der Waals surface area contributed by atoms with Gasteiger partial charge in [-0.3, -0.25) is 0 Å². The van der Waals surface area contributed by atoms with Gasteiger partial charge in [-0.25, -0.2) is 4.98 Å². The van der Waals surface area contributed by atoms with E-state index in [4.69, 9.17) is 4.98 Å². The molecular formula is C15H23N3. The molecule has 3 rings (SSSR count). The number of hydrogen-bond donors (Lipinski definition) is 0. The van der Waals surface area contributed by atoms with Crippen molar-refractivity contribution >= 4 is 11.6 Å². The second-order valence-electron chi connectivity index (χ2n) is 5.43. The van der Waals surface area contributed by atoms with Crippen LogP contribution < -0.4 is 9.80 Å². The van der Waals surface area contributed by atoms with E-state index in [0.29, 0.717) is 0 Å². The lowest BCUT2D eigenvalue weighted by Crippen LogP contribution is -2.23. The molecule has 1 aromatic rings. The summed E-state index contributed by atoms with van der Waals surface area (Å²) < 4.78 is 0. The predicted octanol–water partition coefficient (Wildman–Crippen LogP) is 2.84. The van der Waals surface area contributed by atoms with Crippen LogP contribution in [0.1, 0.15) is 38.2 Å². The maximum Gasteiger partial charge on any atom is 0.131 e. The summed E-state index contributed by atoms with van der Waals surface area (Å²) in [5.41, 5.74) is 1.42. The van der Waals surface area contributed by atoms with E-state index in [2.05, 4.69) is 28.9 Å². The van der Waals surface area contributed by atoms with E-state index in [1.54, 1.807) is 0 Å². The molecule has 0 unspecified atom stereocenters. The smallest absolute Gasteiger partial charge is 0.131 e. The van der Waals surface area contributed by atoms with Crippen molar-refractivity contribution in [3.05, 3.63) is 17.7 Å². The Labute approximate surface area is 110 Å². The van der Waals surface area contributed by atoms with Crippen molar-refractivity contribution in [1.29, 1.82) is 0 Å². The van der Waals surface area contributed by atoms with Gasteiger partial charge in [-0.05, 0) is 49.8 Å². The number of hydrogen-bond acceptors (Lipinski definition) is 3. The lowest BCUT2D eigenvalue weighted by molar-refractivity contribution is 0.893. The number of aryl methyl sites for hydroxylation is 1. The van der Waals surface area contributed by atoms with Crippen LogP contribution in [0.5, 0.6) is 0 Å². The van der Waals surface area contributed by atoms with Gasteiger partial charge in [-0.1, -0.05) is 6.92 Å². The van der Waals surface area contributed by atoms with Gasteiger partial charge in [-0.15, -0.1) is 0 Å². The molecule has 0 atom stereocenters. The number of nitrogens with zero attached hydrogens (tertiary/aromatic N) is 3. The highest BCUT2D eigenvalue weighted by molar-refractivity contribution is 5.52. The SMILES string of the molecule is CCc1cc(N2CCCC2)nc(N2CCCC2)c1. The highest BCUT2D eigenvalue weighted by Gasteiger charge is 2.18. The zero-order valence-corrected chi connectivity index (χ0v) is 11.4. The standard InChI is InChI=1S/C15H23N3/c1-2-13-11-14(17-7-3-4-8-17)16-15(12-13)18-9-5-6-10-18/h11-12H,2-10H2,1H3. The Kier molecular flexibility index (Phi) is 3.39. The Morgan fingerprint density at radius 1 is 0.889 bits per heavy atom. The van der Waals surface area contributed by atoms with Gasteiger partial charge >= 0.3 is 0 Å². The molecule has 2 saturated heterocycles. The van der Waals surface area contributed by atoms with Gasteiger partial charge in [-0.2, -0.15) is 0 Å². The molecule has 2 aliphatic rings. The van der Waals surface area contributed by atoms with Gasteiger partial charge in [0.15, 0.2) is 0 Å². The van der Waals surface area contributed by atoms with Crippen LogP contribution in [0.3, 0.4) is 0 Å². The number of aromatic nitrogens is 1. The van der Waals surface area contributed by atoms with Gasteiger partial charge in [0.1, 0.15) is 11.6 Å². The van der Waals surface area contributed by atoms with E-state index in [1.807, 2.05) is 0 Å². The summed E-state index contributed by atoms with van der Waals surface area (Å²) in [4.78, 5) is 9.78. The summed E-state index contributed by atoms with van der Waals surface area (Å²) in [5, 5.41) is 0. The second-order valence-corrected chi connectivity index (χ2v) is 5.43. The van der Waals surface area contributed by atoms with E-state index >= 15 is 0 Å². The van der Waals surface area contributed by atoms with Crippen molar-refractivity contribution in [1.82, 2.24) is 4.98 Å². The molecule has 0 N–H and O–H groups in total. The van der Waals surface area contributed by atoms with Crippen molar-refractivity contribution in [3.63, 3.8) is 0 Å². The Morgan fingerprint density at radius 3 is 1.72 bits per heavy atom. The van der Waals surface area contributed by atoms with Crippen molar-refractivity contribution < 1.29 is 0 Å². The molecule has 98 valence electrons. The molecule has 1 aromatic heterocycles. The first-order valence-corrected chi connectivity index (χ1v) is 7.37. The fourth-order valence-electron chi connectivity index (χ4n) is 2.98. The first kappa shape index (κ1) is 11.8. The van der Waals surface area contributed by atoms with Gasteiger partial charge in [0, 0.05) is 26.2 Å². The van der Waals surface area contributed by atoms with Crippen LogP contribution in [0, 0.1) is 0 Å². The molecule has 3 nitrogen and oxygen atoms in total. The van der Waals surface area contributed by atoms with Crippen LogP contribution >= 0.6 is 0 Å². The van der Waals surface area contributed by atoms with Gasteiger partial charge in [0.05, 0.1) is 0 Å². The largest absolute Gasteiger partial charge is 0.357 e. The average Bonchev–Trinajstić information content (AvgIpc) is 3.10. The summed E-state index contributed by atoms with van der Waals surface area (Å²) in [6.45, 7) is 6.95. The molecule has 0 bridgehead atoms. The predicted molar refractivity (Wildman–Crippen MR) is 76.5 cm³/mol. The quantitative estimate of drug-likeness (QED) is 0.816. The molecule has 0 saturated carbocycles. The van der Waals surface area contributed by atoms with Crippen molar-refractivity contribution in [2.75, 3.05) is 36.0 Å². The molecule has 2 fully saturated rings. The van der Waals surface area contributed by atoms with Gasteiger partial charge < -0.3 is 9.80 Å². The van der Waals surface area contributed by atoms with E-state index in [9.17, 15) is 0 Å². The average molecular weight is 245 g/mol. The molecule has 2 aliphatic heterocycles. The van der Waals surface area contributed by atoms with Crippen LogP contribution in [0.25, 0.3) is 0 Å². The topological polar surface area (TPSA) is 19.4 Å². The summed E-state index contributed by atoms with van der Waals surface area (Å²) in [6.07, 6.45) is 6.37. The van der Waals surface area contributed by atoms with E-state index in [-0.39, 0.29) is 0 Å². The van der Waals surface area contributed by atoms with Crippen molar-refractivity contribution in [2.24, 2.45) is 0 Å².